The van der Waals surface area contributed by atoms with E-state index in [0.29, 0.717) is 11.5 Å². The molecule has 2 rings (SSSR count). The molecule has 2 nitrogen and oxygen atoms in total. The van der Waals surface area contributed by atoms with Gasteiger partial charge in [-0.05, 0) is 54.1 Å². The van der Waals surface area contributed by atoms with Crippen LogP contribution in [0.15, 0.2) is 18.2 Å². The summed E-state index contributed by atoms with van der Waals surface area (Å²) in [5.41, 5.74) is 1.65. The van der Waals surface area contributed by atoms with Crippen molar-refractivity contribution in [2.75, 3.05) is 7.11 Å². The van der Waals surface area contributed by atoms with Crippen molar-refractivity contribution in [1.82, 2.24) is 0 Å². The molecular weight excluding hydrogens is 200 g/mol. The Kier molecular flexibility index (Phi) is 2.46. The minimum absolute atomic E-state index is 0.380. The maximum atomic E-state index is 11.1. The normalized spacial score (nSPS) is 15.3. The summed E-state index contributed by atoms with van der Waals surface area (Å²) in [6.45, 7) is 0. The maximum Gasteiger partial charge on any atom is 0.252 e. The molecule has 0 radical (unpaired) electrons. The molecule has 74 valence electrons. The van der Waals surface area contributed by atoms with E-state index >= 15 is 0 Å². The predicted molar refractivity (Wildman–Crippen MR) is 55.2 cm³/mol. The number of carbonyl (C=O) groups excluding carboxylic acids is 1. The van der Waals surface area contributed by atoms with E-state index in [1.165, 1.54) is 0 Å². The number of carbonyl (C=O) groups is 1. The van der Waals surface area contributed by atoms with Gasteiger partial charge in [-0.15, -0.1) is 0 Å². The fraction of sp³-hybridized carbons (Fsp3) is 0.364. The van der Waals surface area contributed by atoms with Gasteiger partial charge in [0.15, 0.2) is 0 Å². The van der Waals surface area contributed by atoms with Crippen molar-refractivity contribution in [3.8, 4) is 5.75 Å². The van der Waals surface area contributed by atoms with Crippen LogP contribution in [-0.2, 0) is 0 Å². The number of hydrogen-bond acceptors (Lipinski definition) is 2. The van der Waals surface area contributed by atoms with Crippen LogP contribution >= 0.6 is 11.6 Å². The smallest absolute Gasteiger partial charge is 0.252 e. The Morgan fingerprint density at radius 1 is 1.50 bits per heavy atom. The number of ether oxygens (including phenoxy) is 1. The van der Waals surface area contributed by atoms with Gasteiger partial charge in [0.05, 0.1) is 7.11 Å². The van der Waals surface area contributed by atoms with Gasteiger partial charge in [-0.2, -0.15) is 0 Å². The quantitative estimate of drug-likeness (QED) is 0.717. The van der Waals surface area contributed by atoms with Gasteiger partial charge in [0.25, 0.3) is 5.24 Å². The molecule has 0 amide bonds. The van der Waals surface area contributed by atoms with Gasteiger partial charge in [0.2, 0.25) is 0 Å². The van der Waals surface area contributed by atoms with Crippen LogP contribution in [0.5, 0.6) is 5.75 Å². The third-order valence-electron chi connectivity index (χ3n) is 2.49. The lowest BCUT2D eigenvalue weighted by atomic mass is 10.0. The molecule has 0 bridgehead atoms. The Balaban J connectivity index is 2.43. The molecule has 3 heteroatoms. The van der Waals surface area contributed by atoms with E-state index < -0.39 is 0 Å². The van der Waals surface area contributed by atoms with Gasteiger partial charge in [0, 0.05) is 5.56 Å². The predicted octanol–water partition coefficient (Wildman–Crippen LogP) is 2.95. The molecular formula is C11H11ClO2. The fourth-order valence-electron chi connectivity index (χ4n) is 1.58. The Hall–Kier alpha value is -1.02. The van der Waals surface area contributed by atoms with E-state index in [1.807, 2.05) is 6.07 Å². The zero-order valence-electron chi connectivity index (χ0n) is 7.92. The second-order valence-corrected chi connectivity index (χ2v) is 3.84. The Morgan fingerprint density at radius 2 is 2.21 bits per heavy atom. The number of halogens is 1. The number of methoxy groups -OCH3 is 1. The van der Waals surface area contributed by atoms with Crippen molar-refractivity contribution >= 4 is 16.8 Å². The summed E-state index contributed by atoms with van der Waals surface area (Å²) >= 11 is 5.50. The number of benzene rings is 1. The first kappa shape index (κ1) is 9.53. The summed E-state index contributed by atoms with van der Waals surface area (Å²) < 4.78 is 5.11. The average Bonchev–Trinajstić information content (AvgIpc) is 3.00. The molecule has 0 heterocycles. The van der Waals surface area contributed by atoms with Crippen LogP contribution in [0.4, 0.5) is 0 Å². The molecule has 0 unspecified atom stereocenters. The highest BCUT2D eigenvalue weighted by Gasteiger charge is 2.27. The zero-order valence-corrected chi connectivity index (χ0v) is 8.67. The van der Waals surface area contributed by atoms with Crippen LogP contribution in [0.2, 0.25) is 0 Å². The lowest BCUT2D eigenvalue weighted by Crippen LogP contribution is -1.97. The van der Waals surface area contributed by atoms with Crippen molar-refractivity contribution in [3.05, 3.63) is 29.3 Å². The van der Waals surface area contributed by atoms with Crippen molar-refractivity contribution in [1.29, 1.82) is 0 Å². The van der Waals surface area contributed by atoms with Crippen molar-refractivity contribution < 1.29 is 9.53 Å². The van der Waals surface area contributed by atoms with Crippen LogP contribution in [0.3, 0.4) is 0 Å². The lowest BCUT2D eigenvalue weighted by molar-refractivity contribution is 0.108. The van der Waals surface area contributed by atoms with Crippen molar-refractivity contribution in [2.45, 2.75) is 18.8 Å². The molecule has 1 aromatic rings. The van der Waals surface area contributed by atoms with E-state index in [0.717, 1.165) is 24.2 Å². The van der Waals surface area contributed by atoms with E-state index in [9.17, 15) is 4.79 Å². The Bertz CT molecular complexity index is 370. The molecule has 1 aliphatic rings. The highest BCUT2D eigenvalue weighted by Crippen LogP contribution is 2.43. The SMILES string of the molecule is COc1ccc(C(=O)Cl)c(C2CC2)c1. The van der Waals surface area contributed by atoms with Gasteiger partial charge in [0.1, 0.15) is 5.75 Å². The highest BCUT2D eigenvalue weighted by molar-refractivity contribution is 6.67. The molecule has 0 aliphatic heterocycles. The van der Waals surface area contributed by atoms with E-state index in [2.05, 4.69) is 0 Å². The Labute approximate surface area is 87.8 Å². The lowest BCUT2D eigenvalue weighted by Gasteiger charge is -2.07. The fourth-order valence-corrected chi connectivity index (χ4v) is 1.75. The average molecular weight is 211 g/mol. The molecule has 1 aliphatic carbocycles. The van der Waals surface area contributed by atoms with E-state index in [4.69, 9.17) is 16.3 Å². The molecule has 14 heavy (non-hydrogen) atoms. The second kappa shape index (κ2) is 3.62. The number of hydrogen-bond donors (Lipinski definition) is 0. The standard InChI is InChI=1S/C11H11ClO2/c1-14-8-4-5-9(11(12)13)10(6-8)7-2-3-7/h4-7H,2-3H2,1H3. The van der Waals surface area contributed by atoms with Crippen molar-refractivity contribution in [2.24, 2.45) is 0 Å². The summed E-state index contributed by atoms with van der Waals surface area (Å²) in [6.07, 6.45) is 2.29. The number of rotatable bonds is 3. The summed E-state index contributed by atoms with van der Waals surface area (Å²) in [4.78, 5) is 11.1. The summed E-state index contributed by atoms with van der Waals surface area (Å²) in [6, 6.07) is 5.41. The second-order valence-electron chi connectivity index (χ2n) is 3.50. The third kappa shape index (κ3) is 1.75. The molecule has 1 aromatic carbocycles. The first-order valence-corrected chi connectivity index (χ1v) is 4.98. The Morgan fingerprint density at radius 3 is 2.71 bits per heavy atom. The van der Waals surface area contributed by atoms with Crippen LogP contribution < -0.4 is 4.74 Å². The zero-order chi connectivity index (χ0) is 10.1. The van der Waals surface area contributed by atoms with E-state index in [-0.39, 0.29) is 5.24 Å². The minimum atomic E-state index is -0.380. The van der Waals surface area contributed by atoms with Gasteiger partial charge in [-0.25, -0.2) is 0 Å². The minimum Gasteiger partial charge on any atom is -0.497 e. The van der Waals surface area contributed by atoms with Crippen LogP contribution in [0.25, 0.3) is 0 Å². The topological polar surface area (TPSA) is 26.3 Å². The molecule has 1 saturated carbocycles. The maximum absolute atomic E-state index is 11.1. The summed E-state index contributed by atoms with van der Waals surface area (Å²) in [5.74, 6) is 1.29. The van der Waals surface area contributed by atoms with Crippen LogP contribution in [0, 0.1) is 0 Å². The first-order chi connectivity index (χ1) is 6.72. The van der Waals surface area contributed by atoms with Crippen LogP contribution in [-0.4, -0.2) is 12.4 Å². The molecule has 1 fully saturated rings. The summed E-state index contributed by atoms with van der Waals surface area (Å²) in [7, 11) is 1.62. The monoisotopic (exact) mass is 210 g/mol. The third-order valence-corrected chi connectivity index (χ3v) is 2.69. The van der Waals surface area contributed by atoms with Gasteiger partial charge in [-0.1, -0.05) is 0 Å². The molecule has 0 atom stereocenters. The van der Waals surface area contributed by atoms with Gasteiger partial charge >= 0.3 is 0 Å². The molecule has 0 saturated heterocycles. The summed E-state index contributed by atoms with van der Waals surface area (Å²) in [5, 5.41) is -0.380. The van der Waals surface area contributed by atoms with Gasteiger partial charge < -0.3 is 4.74 Å². The molecule has 0 N–H and O–H groups in total. The van der Waals surface area contributed by atoms with Crippen LogP contribution in [0.1, 0.15) is 34.7 Å². The molecule has 0 spiro atoms. The molecule has 0 aromatic heterocycles. The van der Waals surface area contributed by atoms with E-state index in [1.54, 1.807) is 19.2 Å². The largest absolute Gasteiger partial charge is 0.497 e. The van der Waals surface area contributed by atoms with Gasteiger partial charge in [-0.3, -0.25) is 4.79 Å². The van der Waals surface area contributed by atoms with Crippen molar-refractivity contribution in [3.63, 3.8) is 0 Å². The highest BCUT2D eigenvalue weighted by atomic mass is 35.5. The first-order valence-electron chi connectivity index (χ1n) is 4.60.